The van der Waals surface area contributed by atoms with Gasteiger partial charge in [-0.15, -0.1) is 0 Å². The molecule has 1 aliphatic rings. The first kappa shape index (κ1) is 16.5. The Morgan fingerprint density at radius 1 is 1.17 bits per heavy atom. The van der Waals surface area contributed by atoms with Crippen molar-refractivity contribution in [1.82, 2.24) is 4.90 Å². The maximum absolute atomic E-state index is 12.8. The van der Waals surface area contributed by atoms with Gasteiger partial charge in [0.1, 0.15) is 12.4 Å². The number of ether oxygens (including phenoxy) is 2. The van der Waals surface area contributed by atoms with Crippen LogP contribution >= 0.6 is 0 Å². The maximum Gasteiger partial charge on any atom is 0.257 e. The number of carbonyl (C=O) groups is 1. The average Bonchev–Trinajstić information content (AvgIpc) is 3.14. The van der Waals surface area contributed by atoms with Gasteiger partial charge in [-0.25, -0.2) is 0 Å². The predicted molar refractivity (Wildman–Crippen MR) is 93.2 cm³/mol. The quantitative estimate of drug-likeness (QED) is 0.816. The second-order valence-corrected chi connectivity index (χ2v) is 6.09. The Labute approximate surface area is 143 Å². The van der Waals surface area contributed by atoms with Crippen LogP contribution in [0, 0.1) is 0 Å². The monoisotopic (exact) mass is 325 g/mol. The van der Waals surface area contributed by atoms with Crippen molar-refractivity contribution in [2.45, 2.75) is 25.5 Å². The van der Waals surface area contributed by atoms with Crippen LogP contribution < -0.4 is 4.74 Å². The van der Waals surface area contributed by atoms with Gasteiger partial charge in [-0.05, 0) is 30.5 Å². The van der Waals surface area contributed by atoms with Crippen molar-refractivity contribution >= 4 is 5.91 Å². The maximum atomic E-state index is 12.8. The zero-order valence-corrected chi connectivity index (χ0v) is 14.0. The van der Waals surface area contributed by atoms with Crippen LogP contribution in [0.3, 0.4) is 0 Å². The van der Waals surface area contributed by atoms with E-state index in [2.05, 4.69) is 0 Å². The van der Waals surface area contributed by atoms with Crippen LogP contribution in [0.5, 0.6) is 5.75 Å². The van der Waals surface area contributed by atoms with E-state index in [1.807, 2.05) is 61.6 Å². The van der Waals surface area contributed by atoms with Gasteiger partial charge in [0.15, 0.2) is 0 Å². The number of para-hydroxylation sites is 1. The van der Waals surface area contributed by atoms with Gasteiger partial charge >= 0.3 is 0 Å². The predicted octanol–water partition coefficient (Wildman–Crippen LogP) is 3.52. The van der Waals surface area contributed by atoms with E-state index >= 15 is 0 Å². The molecule has 24 heavy (non-hydrogen) atoms. The van der Waals surface area contributed by atoms with Crippen LogP contribution in [0.4, 0.5) is 0 Å². The molecule has 0 N–H and O–H groups in total. The normalized spacial score (nSPS) is 16.8. The topological polar surface area (TPSA) is 38.8 Å². The smallest absolute Gasteiger partial charge is 0.257 e. The Morgan fingerprint density at radius 2 is 1.92 bits per heavy atom. The first-order chi connectivity index (χ1) is 11.7. The molecular weight excluding hydrogens is 302 g/mol. The molecule has 0 aromatic heterocycles. The number of hydrogen-bond acceptors (Lipinski definition) is 3. The Bertz CT molecular complexity index is 666. The van der Waals surface area contributed by atoms with Crippen LogP contribution in [-0.4, -0.2) is 37.2 Å². The molecule has 3 rings (SSSR count). The number of carbonyl (C=O) groups excluding carboxylic acids is 1. The lowest BCUT2D eigenvalue weighted by molar-refractivity contribution is 0.0656. The highest BCUT2D eigenvalue weighted by Crippen LogP contribution is 2.22. The zero-order chi connectivity index (χ0) is 16.8. The summed E-state index contributed by atoms with van der Waals surface area (Å²) in [6, 6.07) is 17.4. The Morgan fingerprint density at radius 3 is 2.67 bits per heavy atom. The van der Waals surface area contributed by atoms with Crippen molar-refractivity contribution in [2.24, 2.45) is 0 Å². The van der Waals surface area contributed by atoms with Crippen molar-refractivity contribution < 1.29 is 14.3 Å². The van der Waals surface area contributed by atoms with E-state index in [1.54, 1.807) is 4.90 Å². The molecule has 4 nitrogen and oxygen atoms in total. The van der Waals surface area contributed by atoms with Gasteiger partial charge in [0.2, 0.25) is 0 Å². The van der Waals surface area contributed by atoms with E-state index in [-0.39, 0.29) is 12.0 Å². The fourth-order valence-corrected chi connectivity index (χ4v) is 2.86. The molecule has 0 spiro atoms. The van der Waals surface area contributed by atoms with Gasteiger partial charge in [0.25, 0.3) is 5.91 Å². The summed E-state index contributed by atoms with van der Waals surface area (Å²) in [5.74, 6) is 0.583. The van der Waals surface area contributed by atoms with Crippen LogP contribution in [-0.2, 0) is 11.3 Å². The zero-order valence-electron chi connectivity index (χ0n) is 14.0. The van der Waals surface area contributed by atoms with Gasteiger partial charge in [0, 0.05) is 20.2 Å². The molecule has 1 saturated heterocycles. The number of hydrogen-bond donors (Lipinski definition) is 0. The number of benzene rings is 2. The van der Waals surface area contributed by atoms with Crippen LogP contribution in [0.2, 0.25) is 0 Å². The van der Waals surface area contributed by atoms with E-state index in [0.29, 0.717) is 24.5 Å². The van der Waals surface area contributed by atoms with Crippen LogP contribution in [0.15, 0.2) is 54.6 Å². The van der Waals surface area contributed by atoms with Crippen molar-refractivity contribution in [1.29, 1.82) is 0 Å². The lowest BCUT2D eigenvalue weighted by atomic mass is 10.1. The molecule has 126 valence electrons. The summed E-state index contributed by atoms with van der Waals surface area (Å²) in [7, 11) is 1.81. The van der Waals surface area contributed by atoms with Crippen molar-refractivity contribution in [2.75, 3.05) is 20.3 Å². The SMILES string of the molecule is CN(Cc1ccccc1)C(=O)c1ccccc1OCC1CCCO1. The molecule has 1 heterocycles. The lowest BCUT2D eigenvalue weighted by Crippen LogP contribution is -2.27. The third-order valence-electron chi connectivity index (χ3n) is 4.18. The lowest BCUT2D eigenvalue weighted by Gasteiger charge is -2.20. The van der Waals surface area contributed by atoms with Gasteiger partial charge < -0.3 is 14.4 Å². The first-order valence-corrected chi connectivity index (χ1v) is 8.37. The molecule has 4 heteroatoms. The molecule has 1 aliphatic heterocycles. The molecule has 0 bridgehead atoms. The van der Waals surface area contributed by atoms with Crippen molar-refractivity contribution in [3.05, 3.63) is 65.7 Å². The third kappa shape index (κ3) is 4.15. The number of rotatable bonds is 6. The minimum Gasteiger partial charge on any atom is -0.490 e. The summed E-state index contributed by atoms with van der Waals surface area (Å²) < 4.78 is 11.5. The fraction of sp³-hybridized carbons (Fsp3) is 0.350. The number of amides is 1. The van der Waals surface area contributed by atoms with E-state index in [9.17, 15) is 4.79 Å². The molecule has 1 atom stereocenters. The highest BCUT2D eigenvalue weighted by molar-refractivity contribution is 5.96. The van der Waals surface area contributed by atoms with E-state index < -0.39 is 0 Å². The number of nitrogens with zero attached hydrogens (tertiary/aromatic N) is 1. The van der Waals surface area contributed by atoms with Gasteiger partial charge in [-0.1, -0.05) is 42.5 Å². The summed E-state index contributed by atoms with van der Waals surface area (Å²) in [6.45, 7) is 1.86. The standard InChI is InChI=1S/C20H23NO3/c1-21(14-16-8-3-2-4-9-16)20(22)18-11-5-6-12-19(18)24-15-17-10-7-13-23-17/h2-6,8-9,11-12,17H,7,10,13-15H2,1H3. The highest BCUT2D eigenvalue weighted by Gasteiger charge is 2.20. The molecule has 0 aliphatic carbocycles. The summed E-state index contributed by atoms with van der Waals surface area (Å²) >= 11 is 0. The molecule has 2 aromatic carbocycles. The van der Waals surface area contributed by atoms with Gasteiger partial charge in [-0.2, -0.15) is 0 Å². The molecule has 2 aromatic rings. The fourth-order valence-electron chi connectivity index (χ4n) is 2.86. The molecule has 0 saturated carbocycles. The van der Waals surface area contributed by atoms with Crippen molar-refractivity contribution in [3.8, 4) is 5.75 Å². The van der Waals surface area contributed by atoms with E-state index in [0.717, 1.165) is 25.0 Å². The minimum absolute atomic E-state index is 0.0400. The van der Waals surface area contributed by atoms with Crippen LogP contribution in [0.25, 0.3) is 0 Å². The summed E-state index contributed by atoms with van der Waals surface area (Å²) in [6.07, 6.45) is 2.23. The van der Waals surface area contributed by atoms with Gasteiger partial charge in [0.05, 0.1) is 11.7 Å². The summed E-state index contributed by atoms with van der Waals surface area (Å²) in [4.78, 5) is 14.5. The van der Waals surface area contributed by atoms with E-state index in [1.165, 1.54) is 0 Å². The Hall–Kier alpha value is -2.33. The molecule has 1 unspecified atom stereocenters. The second kappa shape index (κ2) is 7.97. The van der Waals surface area contributed by atoms with Gasteiger partial charge in [-0.3, -0.25) is 4.79 Å². The molecule has 1 fully saturated rings. The van der Waals surface area contributed by atoms with E-state index in [4.69, 9.17) is 9.47 Å². The first-order valence-electron chi connectivity index (χ1n) is 8.37. The third-order valence-corrected chi connectivity index (χ3v) is 4.18. The van der Waals surface area contributed by atoms with Crippen molar-refractivity contribution in [3.63, 3.8) is 0 Å². The second-order valence-electron chi connectivity index (χ2n) is 6.09. The Balaban J connectivity index is 1.67. The summed E-state index contributed by atoms with van der Waals surface area (Å²) in [5.41, 5.74) is 1.69. The van der Waals surface area contributed by atoms with Crippen LogP contribution in [0.1, 0.15) is 28.8 Å². The largest absolute Gasteiger partial charge is 0.490 e. The molecule has 1 amide bonds. The molecular formula is C20H23NO3. The Kier molecular flexibility index (Phi) is 5.49. The highest BCUT2D eigenvalue weighted by atomic mass is 16.5. The average molecular weight is 325 g/mol. The minimum atomic E-state index is -0.0400. The summed E-state index contributed by atoms with van der Waals surface area (Å²) in [5, 5.41) is 0. The molecule has 0 radical (unpaired) electrons.